The number of carboxylic acid groups (broad SMARTS) is 1. The number of carbonyl (C=O) groups is 1. The third-order valence-corrected chi connectivity index (χ3v) is 2.54. The van der Waals surface area contributed by atoms with Crippen LogP contribution < -0.4 is 5.01 Å². The van der Waals surface area contributed by atoms with E-state index in [-0.39, 0.29) is 0 Å². The van der Waals surface area contributed by atoms with Gasteiger partial charge in [-0.3, -0.25) is 0 Å². The third kappa shape index (κ3) is 1.50. The largest absolute Gasteiger partial charge is 0.464 e. The minimum atomic E-state index is -0.983. The minimum Gasteiger partial charge on any atom is -0.464 e. The number of hydrogen-bond donors (Lipinski definition) is 1. The Morgan fingerprint density at radius 1 is 1.56 bits per heavy atom. The van der Waals surface area contributed by atoms with Crippen molar-refractivity contribution in [2.24, 2.45) is 0 Å². The van der Waals surface area contributed by atoms with Crippen LogP contribution in [0.25, 0.3) is 11.0 Å². The van der Waals surface area contributed by atoms with Gasteiger partial charge in [0.15, 0.2) is 0 Å². The Morgan fingerprint density at radius 3 is 2.94 bits per heavy atom. The first-order valence-electron chi connectivity index (χ1n) is 5.08. The first kappa shape index (κ1) is 10.5. The van der Waals surface area contributed by atoms with Gasteiger partial charge in [0.05, 0.1) is 11.0 Å². The number of benzene rings is 1. The Morgan fingerprint density at radius 2 is 2.31 bits per heavy atom. The maximum Gasteiger partial charge on any atom is 0.426 e. The van der Waals surface area contributed by atoms with Gasteiger partial charge < -0.3 is 5.11 Å². The lowest BCUT2D eigenvalue weighted by atomic mass is 10.2. The average Bonchev–Trinajstić information content (AvgIpc) is 2.64. The molecule has 16 heavy (non-hydrogen) atoms. The van der Waals surface area contributed by atoms with Crippen LogP contribution in [0.2, 0.25) is 0 Å². The number of amides is 1. The maximum absolute atomic E-state index is 11.0. The van der Waals surface area contributed by atoms with E-state index in [9.17, 15) is 4.79 Å². The molecule has 0 bridgehead atoms. The van der Waals surface area contributed by atoms with Crippen LogP contribution in [0.15, 0.2) is 24.5 Å². The SMILES string of the molecule is CCN(C(=O)O)n1cnc2c(C)cccc21. The zero-order valence-corrected chi connectivity index (χ0v) is 9.21. The number of imidazole rings is 1. The molecule has 84 valence electrons. The van der Waals surface area contributed by atoms with Crippen LogP contribution in [0.1, 0.15) is 12.5 Å². The molecule has 0 atom stereocenters. The van der Waals surface area contributed by atoms with Crippen molar-refractivity contribution < 1.29 is 9.90 Å². The fourth-order valence-corrected chi connectivity index (χ4v) is 1.74. The van der Waals surface area contributed by atoms with E-state index >= 15 is 0 Å². The summed E-state index contributed by atoms with van der Waals surface area (Å²) >= 11 is 0. The van der Waals surface area contributed by atoms with Crippen LogP contribution in [0.3, 0.4) is 0 Å². The highest BCUT2D eigenvalue weighted by Gasteiger charge is 2.14. The molecule has 0 saturated heterocycles. The molecule has 0 unspecified atom stereocenters. The number of nitrogens with zero attached hydrogens (tertiary/aromatic N) is 3. The van der Waals surface area contributed by atoms with Crippen LogP contribution in [0, 0.1) is 6.92 Å². The number of para-hydroxylation sites is 1. The lowest BCUT2D eigenvalue weighted by molar-refractivity contribution is 0.195. The van der Waals surface area contributed by atoms with E-state index in [4.69, 9.17) is 5.11 Å². The molecule has 1 aromatic heterocycles. The quantitative estimate of drug-likeness (QED) is 0.840. The first-order chi connectivity index (χ1) is 7.65. The highest BCUT2D eigenvalue weighted by molar-refractivity contribution is 5.83. The van der Waals surface area contributed by atoms with E-state index in [2.05, 4.69) is 4.98 Å². The van der Waals surface area contributed by atoms with Gasteiger partial charge in [0.2, 0.25) is 0 Å². The van der Waals surface area contributed by atoms with Gasteiger partial charge in [-0.1, -0.05) is 12.1 Å². The molecule has 0 aliphatic carbocycles. The monoisotopic (exact) mass is 219 g/mol. The number of hydrogen-bond acceptors (Lipinski definition) is 2. The van der Waals surface area contributed by atoms with Gasteiger partial charge in [0.25, 0.3) is 0 Å². The molecule has 5 nitrogen and oxygen atoms in total. The highest BCUT2D eigenvalue weighted by Crippen LogP contribution is 2.16. The van der Waals surface area contributed by atoms with Crippen molar-refractivity contribution in [1.82, 2.24) is 9.66 Å². The van der Waals surface area contributed by atoms with Crippen molar-refractivity contribution >= 4 is 17.1 Å². The van der Waals surface area contributed by atoms with E-state index in [0.29, 0.717) is 6.54 Å². The third-order valence-electron chi connectivity index (χ3n) is 2.54. The van der Waals surface area contributed by atoms with Crippen molar-refractivity contribution in [3.8, 4) is 0 Å². The summed E-state index contributed by atoms with van der Waals surface area (Å²) in [5.74, 6) is 0. The molecule has 0 aliphatic rings. The van der Waals surface area contributed by atoms with Gasteiger partial charge in [0.1, 0.15) is 6.33 Å². The zero-order valence-electron chi connectivity index (χ0n) is 9.21. The van der Waals surface area contributed by atoms with Gasteiger partial charge >= 0.3 is 6.09 Å². The summed E-state index contributed by atoms with van der Waals surface area (Å²) in [4.78, 5) is 15.3. The molecular formula is C11H13N3O2. The van der Waals surface area contributed by atoms with Gasteiger partial charge in [-0.15, -0.1) is 0 Å². The second-order valence-corrected chi connectivity index (χ2v) is 3.53. The average molecular weight is 219 g/mol. The first-order valence-corrected chi connectivity index (χ1v) is 5.08. The Kier molecular flexibility index (Phi) is 2.52. The second-order valence-electron chi connectivity index (χ2n) is 3.53. The zero-order chi connectivity index (χ0) is 11.7. The number of rotatable bonds is 2. The van der Waals surface area contributed by atoms with Crippen LogP contribution in [-0.2, 0) is 0 Å². The molecule has 5 heteroatoms. The van der Waals surface area contributed by atoms with E-state index in [1.165, 1.54) is 11.3 Å². The molecule has 0 fully saturated rings. The van der Waals surface area contributed by atoms with Crippen LogP contribution >= 0.6 is 0 Å². The standard InChI is InChI=1S/C11H13N3O2/c1-3-13(11(15)16)14-7-12-10-8(2)5-4-6-9(10)14/h4-7H,3H2,1-2H3,(H,15,16). The maximum atomic E-state index is 11.0. The fraction of sp³-hybridized carbons (Fsp3) is 0.273. The van der Waals surface area contributed by atoms with Crippen LogP contribution in [-0.4, -0.2) is 27.4 Å². The Bertz CT molecular complexity index is 533. The normalized spacial score (nSPS) is 10.6. The van der Waals surface area contributed by atoms with Crippen molar-refractivity contribution in [1.29, 1.82) is 0 Å². The van der Waals surface area contributed by atoms with Gasteiger partial charge in [-0.2, -0.15) is 0 Å². The molecule has 2 rings (SSSR count). The van der Waals surface area contributed by atoms with E-state index in [0.717, 1.165) is 16.6 Å². The van der Waals surface area contributed by atoms with E-state index < -0.39 is 6.09 Å². The molecule has 0 spiro atoms. The molecule has 1 aromatic carbocycles. The van der Waals surface area contributed by atoms with Crippen LogP contribution in [0.5, 0.6) is 0 Å². The summed E-state index contributed by atoms with van der Waals surface area (Å²) in [5, 5.41) is 10.3. The topological polar surface area (TPSA) is 58.4 Å². The lowest BCUT2D eigenvalue weighted by Gasteiger charge is -2.18. The molecule has 1 N–H and O–H groups in total. The number of aromatic nitrogens is 2. The van der Waals surface area contributed by atoms with Gasteiger partial charge in [-0.05, 0) is 25.5 Å². The van der Waals surface area contributed by atoms with Gasteiger partial charge in [0, 0.05) is 6.54 Å². The molecular weight excluding hydrogens is 206 g/mol. The molecule has 0 radical (unpaired) electrons. The predicted molar refractivity (Wildman–Crippen MR) is 61.3 cm³/mol. The Labute approximate surface area is 92.9 Å². The summed E-state index contributed by atoms with van der Waals surface area (Å²) < 4.78 is 1.56. The number of fused-ring (bicyclic) bond motifs is 1. The summed E-state index contributed by atoms with van der Waals surface area (Å²) in [6, 6.07) is 5.71. The highest BCUT2D eigenvalue weighted by atomic mass is 16.4. The second kappa shape index (κ2) is 3.84. The summed E-state index contributed by atoms with van der Waals surface area (Å²) in [7, 11) is 0. The van der Waals surface area contributed by atoms with Gasteiger partial charge in [-0.25, -0.2) is 19.5 Å². The predicted octanol–water partition coefficient (Wildman–Crippen LogP) is 1.98. The smallest absolute Gasteiger partial charge is 0.426 e. The molecule has 0 saturated carbocycles. The van der Waals surface area contributed by atoms with Crippen molar-refractivity contribution in [2.75, 3.05) is 11.6 Å². The van der Waals surface area contributed by atoms with Crippen molar-refractivity contribution in [3.63, 3.8) is 0 Å². The molecule has 2 aromatic rings. The lowest BCUT2D eigenvalue weighted by Crippen LogP contribution is -2.38. The summed E-state index contributed by atoms with van der Waals surface area (Å²) in [5.41, 5.74) is 2.68. The van der Waals surface area contributed by atoms with Crippen LogP contribution in [0.4, 0.5) is 4.79 Å². The van der Waals surface area contributed by atoms with Crippen molar-refractivity contribution in [2.45, 2.75) is 13.8 Å². The molecule has 1 amide bonds. The van der Waals surface area contributed by atoms with E-state index in [1.54, 1.807) is 11.6 Å². The van der Waals surface area contributed by atoms with Crippen molar-refractivity contribution in [3.05, 3.63) is 30.1 Å². The van der Waals surface area contributed by atoms with E-state index in [1.807, 2.05) is 25.1 Å². The fourth-order valence-electron chi connectivity index (χ4n) is 1.74. The minimum absolute atomic E-state index is 0.384. The number of aryl methyl sites for hydroxylation is 1. The molecule has 1 heterocycles. The molecule has 0 aliphatic heterocycles. The summed E-state index contributed by atoms with van der Waals surface area (Å²) in [6.07, 6.45) is 0.554. The summed E-state index contributed by atoms with van der Waals surface area (Å²) in [6.45, 7) is 4.13. The Hall–Kier alpha value is -2.04. The Balaban J connectivity index is 2.61.